The van der Waals surface area contributed by atoms with E-state index in [0.717, 1.165) is 12.0 Å². The molecule has 1 aliphatic rings. The molecular weight excluding hydrogens is 416 g/mol. The number of carbonyl (C=O) groups excluding carboxylic acids is 2. The van der Waals surface area contributed by atoms with Crippen molar-refractivity contribution in [3.63, 3.8) is 0 Å². The molecule has 0 aromatic heterocycles. The van der Waals surface area contributed by atoms with E-state index in [2.05, 4.69) is 19.2 Å². The molecule has 1 aliphatic heterocycles. The van der Waals surface area contributed by atoms with E-state index >= 15 is 0 Å². The number of fused-ring (bicyclic) bond motifs is 1. The molecule has 2 N–H and O–H groups in total. The number of amides is 2. The van der Waals surface area contributed by atoms with Crippen LogP contribution in [0.1, 0.15) is 49.5 Å². The number of hydrogen-bond donors (Lipinski definition) is 2. The van der Waals surface area contributed by atoms with Gasteiger partial charge in [-0.2, -0.15) is 0 Å². The third kappa shape index (κ3) is 4.49. The number of methoxy groups -OCH3 is 1. The Bertz CT molecular complexity index is 992. The van der Waals surface area contributed by atoms with E-state index in [-0.39, 0.29) is 28.3 Å². The fourth-order valence-corrected chi connectivity index (χ4v) is 4.06. The fourth-order valence-electron chi connectivity index (χ4n) is 3.91. The number of carbonyl (C=O) groups is 2. The quantitative estimate of drug-likeness (QED) is 0.684. The number of aromatic hydroxyl groups is 1. The van der Waals surface area contributed by atoms with Crippen molar-refractivity contribution in [2.24, 2.45) is 5.92 Å². The molecule has 2 aromatic carbocycles. The number of hydrogen-bond acceptors (Lipinski definition) is 4. The summed E-state index contributed by atoms with van der Waals surface area (Å²) in [5.41, 5.74) is 0.585. The molecule has 166 valence electrons. The van der Waals surface area contributed by atoms with Gasteiger partial charge in [0.05, 0.1) is 17.8 Å². The number of rotatable bonds is 6. The zero-order valence-corrected chi connectivity index (χ0v) is 19.1. The molecule has 3 rings (SSSR count). The summed E-state index contributed by atoms with van der Waals surface area (Å²) in [5, 5.41) is 13.1. The van der Waals surface area contributed by atoms with E-state index in [0.29, 0.717) is 36.6 Å². The minimum atomic E-state index is -1.18. The second-order valence-corrected chi connectivity index (χ2v) is 8.89. The van der Waals surface area contributed by atoms with Crippen LogP contribution in [0.5, 0.6) is 11.5 Å². The van der Waals surface area contributed by atoms with Gasteiger partial charge in [0.2, 0.25) is 5.91 Å². The third-order valence-corrected chi connectivity index (χ3v) is 6.11. The Balaban J connectivity index is 2.14. The van der Waals surface area contributed by atoms with E-state index in [4.69, 9.17) is 16.3 Å². The minimum Gasteiger partial charge on any atom is -0.506 e. The number of phenolic OH excluding ortho intramolecular Hbond substituents is 1. The molecule has 0 saturated heterocycles. The average molecular weight is 445 g/mol. The lowest BCUT2D eigenvalue weighted by molar-refractivity contribution is -0.126. The van der Waals surface area contributed by atoms with Gasteiger partial charge in [-0.25, -0.2) is 0 Å². The number of halogens is 1. The van der Waals surface area contributed by atoms with E-state index in [1.165, 1.54) is 24.1 Å². The number of anilines is 1. The van der Waals surface area contributed by atoms with Crippen LogP contribution in [-0.2, 0) is 11.2 Å². The number of benzene rings is 2. The normalized spacial score (nSPS) is 18.5. The number of nitrogens with one attached hydrogen (secondary N) is 1. The number of nitrogens with zero attached hydrogens (tertiary/aromatic N) is 1. The van der Waals surface area contributed by atoms with Crippen molar-refractivity contribution >= 4 is 29.1 Å². The highest BCUT2D eigenvalue weighted by molar-refractivity contribution is 6.32. The van der Waals surface area contributed by atoms with Gasteiger partial charge >= 0.3 is 0 Å². The molecule has 1 heterocycles. The Hall–Kier alpha value is -2.73. The topological polar surface area (TPSA) is 78.9 Å². The van der Waals surface area contributed by atoms with Crippen LogP contribution in [0.25, 0.3) is 0 Å². The summed E-state index contributed by atoms with van der Waals surface area (Å²) in [6.45, 7) is 6.47. The van der Waals surface area contributed by atoms with Crippen LogP contribution in [0.2, 0.25) is 5.02 Å². The number of ether oxygens (including phenoxy) is 1. The lowest BCUT2D eigenvalue weighted by Crippen LogP contribution is -2.59. The molecule has 0 aliphatic carbocycles. The van der Waals surface area contributed by atoms with Crippen molar-refractivity contribution in [2.75, 3.05) is 18.6 Å². The maximum atomic E-state index is 13.8. The van der Waals surface area contributed by atoms with Crippen LogP contribution in [0.15, 0.2) is 36.4 Å². The maximum Gasteiger partial charge on any atom is 0.259 e. The van der Waals surface area contributed by atoms with Crippen molar-refractivity contribution in [3.8, 4) is 11.5 Å². The summed E-state index contributed by atoms with van der Waals surface area (Å²) in [6.07, 6.45) is 1.83. The maximum absolute atomic E-state index is 13.8. The van der Waals surface area contributed by atoms with Gasteiger partial charge < -0.3 is 15.2 Å². The minimum absolute atomic E-state index is 0.0729. The van der Waals surface area contributed by atoms with Gasteiger partial charge in [0.15, 0.2) is 0 Å². The van der Waals surface area contributed by atoms with E-state index in [1.54, 1.807) is 19.1 Å². The number of phenols is 1. The zero-order chi connectivity index (χ0) is 22.8. The smallest absolute Gasteiger partial charge is 0.259 e. The molecule has 0 bridgehead atoms. The predicted molar refractivity (Wildman–Crippen MR) is 122 cm³/mol. The van der Waals surface area contributed by atoms with Crippen LogP contribution in [0, 0.1) is 5.92 Å². The van der Waals surface area contributed by atoms with Gasteiger partial charge in [0.1, 0.15) is 17.0 Å². The van der Waals surface area contributed by atoms with Crippen molar-refractivity contribution in [3.05, 3.63) is 52.5 Å². The first-order valence-electron chi connectivity index (χ1n) is 10.5. The van der Waals surface area contributed by atoms with Gasteiger partial charge in [-0.15, -0.1) is 0 Å². The lowest BCUT2D eigenvalue weighted by atomic mass is 9.91. The predicted octanol–water partition coefficient (Wildman–Crippen LogP) is 4.57. The average Bonchev–Trinajstić information content (AvgIpc) is 2.85. The first-order valence-corrected chi connectivity index (χ1v) is 10.8. The van der Waals surface area contributed by atoms with Crippen molar-refractivity contribution in [1.29, 1.82) is 0 Å². The van der Waals surface area contributed by atoms with Gasteiger partial charge in [-0.1, -0.05) is 43.6 Å². The van der Waals surface area contributed by atoms with E-state index in [1.807, 2.05) is 12.1 Å². The largest absolute Gasteiger partial charge is 0.506 e. The molecule has 2 aromatic rings. The van der Waals surface area contributed by atoms with Crippen molar-refractivity contribution < 1.29 is 19.4 Å². The fraction of sp³-hybridized carbons (Fsp3) is 0.417. The standard InChI is InChI=1S/C24H29ClN2O4/c1-15(2)10-12-26-23(30)24(3)11-9-16-7-5-6-8-17(16)22(29)27(24)19-13-18(25)20(28)14-21(19)31-4/h5-8,13-15,28H,9-12H2,1-4H3,(H,26,30). The summed E-state index contributed by atoms with van der Waals surface area (Å²) >= 11 is 6.20. The van der Waals surface area contributed by atoms with E-state index in [9.17, 15) is 14.7 Å². The Morgan fingerprint density at radius 2 is 2.03 bits per heavy atom. The summed E-state index contributed by atoms with van der Waals surface area (Å²) in [4.78, 5) is 28.7. The Morgan fingerprint density at radius 3 is 2.71 bits per heavy atom. The second kappa shape index (κ2) is 9.18. The Labute approximate surface area is 188 Å². The molecule has 1 atom stereocenters. The number of aryl methyl sites for hydroxylation is 1. The second-order valence-electron chi connectivity index (χ2n) is 8.49. The molecule has 2 amide bonds. The third-order valence-electron chi connectivity index (χ3n) is 5.81. The molecular formula is C24H29ClN2O4. The SMILES string of the molecule is COc1cc(O)c(Cl)cc1N1C(=O)c2ccccc2CCC1(C)C(=O)NCCC(C)C. The van der Waals surface area contributed by atoms with Crippen molar-refractivity contribution in [2.45, 2.75) is 45.6 Å². The molecule has 0 radical (unpaired) electrons. The molecule has 31 heavy (non-hydrogen) atoms. The molecule has 6 nitrogen and oxygen atoms in total. The molecule has 1 unspecified atom stereocenters. The zero-order valence-electron chi connectivity index (χ0n) is 18.4. The van der Waals surface area contributed by atoms with Crippen LogP contribution in [0.3, 0.4) is 0 Å². The van der Waals surface area contributed by atoms with Gasteiger partial charge in [-0.05, 0) is 49.8 Å². The van der Waals surface area contributed by atoms with Crippen LogP contribution >= 0.6 is 11.6 Å². The van der Waals surface area contributed by atoms with Gasteiger partial charge in [-0.3, -0.25) is 14.5 Å². The molecule has 0 fully saturated rings. The van der Waals surface area contributed by atoms with Crippen LogP contribution in [-0.4, -0.2) is 36.1 Å². The first-order chi connectivity index (χ1) is 14.7. The highest BCUT2D eigenvalue weighted by atomic mass is 35.5. The highest BCUT2D eigenvalue weighted by Crippen LogP contribution is 2.43. The summed E-state index contributed by atoms with van der Waals surface area (Å²) < 4.78 is 5.45. The van der Waals surface area contributed by atoms with E-state index < -0.39 is 5.54 Å². The Kier molecular flexibility index (Phi) is 6.80. The highest BCUT2D eigenvalue weighted by Gasteiger charge is 2.46. The molecule has 0 spiro atoms. The monoisotopic (exact) mass is 444 g/mol. The van der Waals surface area contributed by atoms with Crippen LogP contribution in [0.4, 0.5) is 5.69 Å². The lowest BCUT2D eigenvalue weighted by Gasteiger charge is -2.39. The van der Waals surface area contributed by atoms with Crippen molar-refractivity contribution in [1.82, 2.24) is 5.32 Å². The summed E-state index contributed by atoms with van der Waals surface area (Å²) in [5.74, 6) is -0.000636. The summed E-state index contributed by atoms with van der Waals surface area (Å²) in [6, 6.07) is 10.2. The van der Waals surface area contributed by atoms with Crippen LogP contribution < -0.4 is 15.0 Å². The molecule has 0 saturated carbocycles. The Morgan fingerprint density at radius 1 is 1.32 bits per heavy atom. The van der Waals surface area contributed by atoms with Gasteiger partial charge in [0.25, 0.3) is 5.91 Å². The van der Waals surface area contributed by atoms with Gasteiger partial charge in [0, 0.05) is 18.2 Å². The molecule has 7 heteroatoms. The first kappa shape index (κ1) is 22.9. The summed E-state index contributed by atoms with van der Waals surface area (Å²) in [7, 11) is 1.45.